The summed E-state index contributed by atoms with van der Waals surface area (Å²) >= 11 is 0. The van der Waals surface area contributed by atoms with E-state index < -0.39 is 9.84 Å². The summed E-state index contributed by atoms with van der Waals surface area (Å²) < 4.78 is 29.8. The van der Waals surface area contributed by atoms with Gasteiger partial charge in [0, 0.05) is 0 Å². The van der Waals surface area contributed by atoms with Crippen molar-refractivity contribution < 1.29 is 17.9 Å². The molecule has 0 radical (unpaired) electrons. The quantitative estimate of drug-likeness (QED) is 0.463. The standard InChI is InChI=1S/C24H39NO4S/c1-20(2)18-23(24(26)29-3)12-17-30(27,28)16-7-13-25-14-10-22(11-15-25)19-21-8-5-4-6-9-21/h4-6,8-9,20,22-23H,7,10-19H2,1-3H3/t23-/m0/s1. The van der Waals surface area contributed by atoms with Crippen LogP contribution in [0.3, 0.4) is 0 Å². The van der Waals surface area contributed by atoms with Crippen LogP contribution in [0.4, 0.5) is 0 Å². The monoisotopic (exact) mass is 437 g/mol. The van der Waals surface area contributed by atoms with Crippen LogP contribution in [0.2, 0.25) is 0 Å². The normalized spacial score (nSPS) is 17.2. The van der Waals surface area contributed by atoms with Gasteiger partial charge in [-0.3, -0.25) is 4.79 Å². The van der Waals surface area contributed by atoms with Crippen LogP contribution in [0, 0.1) is 17.8 Å². The Hall–Kier alpha value is -1.40. The van der Waals surface area contributed by atoms with E-state index in [4.69, 9.17) is 4.74 Å². The van der Waals surface area contributed by atoms with Crippen LogP contribution >= 0.6 is 0 Å². The van der Waals surface area contributed by atoms with E-state index in [0.29, 0.717) is 25.2 Å². The zero-order valence-corrected chi connectivity index (χ0v) is 19.7. The van der Waals surface area contributed by atoms with E-state index >= 15 is 0 Å². The molecule has 0 spiro atoms. The molecule has 0 amide bonds. The third-order valence-electron chi connectivity index (χ3n) is 6.07. The number of hydrogen-bond acceptors (Lipinski definition) is 5. The van der Waals surface area contributed by atoms with Gasteiger partial charge in [0.05, 0.1) is 24.5 Å². The minimum Gasteiger partial charge on any atom is -0.469 e. The van der Waals surface area contributed by atoms with Gasteiger partial charge in [0.25, 0.3) is 0 Å². The summed E-state index contributed by atoms with van der Waals surface area (Å²) in [6.07, 6.45) is 5.19. The highest BCUT2D eigenvalue weighted by molar-refractivity contribution is 7.91. The molecule has 30 heavy (non-hydrogen) atoms. The Labute approximate surface area is 183 Å². The van der Waals surface area contributed by atoms with Gasteiger partial charge >= 0.3 is 5.97 Å². The number of esters is 1. The maximum atomic E-state index is 12.5. The summed E-state index contributed by atoms with van der Waals surface area (Å²) in [5.74, 6) is 0.710. The maximum absolute atomic E-state index is 12.5. The van der Waals surface area contributed by atoms with Crippen LogP contribution in [-0.4, -0.2) is 57.5 Å². The van der Waals surface area contributed by atoms with Crippen molar-refractivity contribution in [1.82, 2.24) is 4.90 Å². The number of nitrogens with zero attached hydrogens (tertiary/aromatic N) is 1. The molecular formula is C24H39NO4S. The molecule has 0 saturated carbocycles. The zero-order valence-electron chi connectivity index (χ0n) is 18.9. The van der Waals surface area contributed by atoms with Gasteiger partial charge in [-0.15, -0.1) is 0 Å². The smallest absolute Gasteiger partial charge is 0.308 e. The van der Waals surface area contributed by atoms with E-state index in [0.717, 1.165) is 32.0 Å². The Morgan fingerprint density at radius 3 is 2.40 bits per heavy atom. The summed E-state index contributed by atoms with van der Waals surface area (Å²) in [7, 11) is -1.77. The van der Waals surface area contributed by atoms with Crippen molar-refractivity contribution in [2.45, 2.75) is 52.4 Å². The van der Waals surface area contributed by atoms with E-state index in [1.54, 1.807) is 0 Å². The highest BCUT2D eigenvalue weighted by atomic mass is 32.2. The van der Waals surface area contributed by atoms with Gasteiger partial charge in [-0.25, -0.2) is 8.42 Å². The minimum atomic E-state index is -3.14. The van der Waals surface area contributed by atoms with Gasteiger partial charge in [-0.2, -0.15) is 0 Å². The van der Waals surface area contributed by atoms with E-state index in [-0.39, 0.29) is 23.4 Å². The first-order valence-corrected chi connectivity index (χ1v) is 13.2. The molecule has 0 unspecified atom stereocenters. The fourth-order valence-corrected chi connectivity index (χ4v) is 5.78. The van der Waals surface area contributed by atoms with Crippen molar-refractivity contribution in [1.29, 1.82) is 0 Å². The number of methoxy groups -OCH3 is 1. The van der Waals surface area contributed by atoms with E-state index in [9.17, 15) is 13.2 Å². The Bertz CT molecular complexity index is 725. The SMILES string of the molecule is COC(=O)[C@@H](CCS(=O)(=O)CCCN1CCC(Cc2ccccc2)CC1)CC(C)C. The number of hydrogen-bond donors (Lipinski definition) is 0. The van der Waals surface area contributed by atoms with Gasteiger partial charge in [-0.1, -0.05) is 44.2 Å². The predicted molar refractivity (Wildman–Crippen MR) is 122 cm³/mol. The van der Waals surface area contributed by atoms with E-state index in [1.165, 1.54) is 25.5 Å². The molecule has 0 aromatic heterocycles. The molecule has 170 valence electrons. The molecule has 1 atom stereocenters. The fraction of sp³-hybridized carbons (Fsp3) is 0.708. The third kappa shape index (κ3) is 9.17. The second kappa shape index (κ2) is 12.5. The Kier molecular flexibility index (Phi) is 10.3. The lowest BCUT2D eigenvalue weighted by molar-refractivity contribution is -0.146. The van der Waals surface area contributed by atoms with Crippen molar-refractivity contribution >= 4 is 15.8 Å². The first-order valence-electron chi connectivity index (χ1n) is 11.3. The molecule has 1 aliphatic heterocycles. The van der Waals surface area contributed by atoms with Gasteiger partial charge < -0.3 is 9.64 Å². The van der Waals surface area contributed by atoms with Gasteiger partial charge in [0.2, 0.25) is 0 Å². The molecule has 1 aliphatic rings. The molecule has 1 aromatic rings. The highest BCUT2D eigenvalue weighted by Crippen LogP contribution is 2.22. The van der Waals surface area contributed by atoms with Crippen molar-refractivity contribution in [2.24, 2.45) is 17.8 Å². The number of benzene rings is 1. The van der Waals surface area contributed by atoms with E-state index in [1.807, 2.05) is 13.8 Å². The van der Waals surface area contributed by atoms with E-state index in [2.05, 4.69) is 35.2 Å². The third-order valence-corrected chi connectivity index (χ3v) is 7.84. The summed E-state index contributed by atoms with van der Waals surface area (Å²) in [4.78, 5) is 14.3. The average Bonchev–Trinajstić information content (AvgIpc) is 2.72. The number of piperidine rings is 1. The summed E-state index contributed by atoms with van der Waals surface area (Å²) in [5.41, 5.74) is 1.41. The summed E-state index contributed by atoms with van der Waals surface area (Å²) in [6.45, 7) is 7.01. The predicted octanol–water partition coefficient (Wildman–Crippen LogP) is 3.97. The number of ether oxygens (including phenoxy) is 1. The Morgan fingerprint density at radius 1 is 1.13 bits per heavy atom. The lowest BCUT2D eigenvalue weighted by Crippen LogP contribution is -2.35. The van der Waals surface area contributed by atoms with Crippen LogP contribution in [0.1, 0.15) is 51.5 Å². The average molecular weight is 438 g/mol. The van der Waals surface area contributed by atoms with Crippen molar-refractivity contribution in [2.75, 3.05) is 38.2 Å². The number of sulfone groups is 1. The molecule has 1 saturated heterocycles. The number of rotatable bonds is 12. The molecule has 0 N–H and O–H groups in total. The molecule has 5 nitrogen and oxygen atoms in total. The topological polar surface area (TPSA) is 63.7 Å². The zero-order chi connectivity index (χ0) is 22.0. The number of likely N-dealkylation sites (tertiary alicyclic amines) is 1. The summed E-state index contributed by atoms with van der Waals surface area (Å²) in [5, 5.41) is 0. The first kappa shape index (κ1) is 24.9. The summed E-state index contributed by atoms with van der Waals surface area (Å²) in [6, 6.07) is 10.6. The van der Waals surface area contributed by atoms with Crippen LogP contribution in [0.15, 0.2) is 30.3 Å². The highest BCUT2D eigenvalue weighted by Gasteiger charge is 2.24. The molecule has 1 heterocycles. The van der Waals surface area contributed by atoms with Crippen LogP contribution in [-0.2, 0) is 25.8 Å². The molecule has 2 rings (SSSR count). The lowest BCUT2D eigenvalue weighted by atomic mass is 9.90. The maximum Gasteiger partial charge on any atom is 0.308 e. The Balaban J connectivity index is 1.67. The largest absolute Gasteiger partial charge is 0.469 e. The number of carbonyl (C=O) groups is 1. The Morgan fingerprint density at radius 2 is 1.80 bits per heavy atom. The van der Waals surface area contributed by atoms with Crippen LogP contribution in [0.5, 0.6) is 0 Å². The second-order valence-corrected chi connectivity index (χ2v) is 11.4. The first-order chi connectivity index (χ1) is 14.3. The van der Waals surface area contributed by atoms with Gasteiger partial charge in [0.1, 0.15) is 9.84 Å². The van der Waals surface area contributed by atoms with Gasteiger partial charge in [0.15, 0.2) is 0 Å². The van der Waals surface area contributed by atoms with Crippen molar-refractivity contribution in [3.8, 4) is 0 Å². The van der Waals surface area contributed by atoms with Crippen molar-refractivity contribution in [3.63, 3.8) is 0 Å². The van der Waals surface area contributed by atoms with Crippen molar-refractivity contribution in [3.05, 3.63) is 35.9 Å². The number of carbonyl (C=O) groups excluding carboxylic acids is 1. The molecule has 1 aromatic carbocycles. The minimum absolute atomic E-state index is 0.0681. The van der Waals surface area contributed by atoms with Crippen LogP contribution < -0.4 is 0 Å². The van der Waals surface area contributed by atoms with Crippen LogP contribution in [0.25, 0.3) is 0 Å². The second-order valence-electron chi connectivity index (χ2n) is 9.12. The van der Waals surface area contributed by atoms with Gasteiger partial charge in [-0.05, 0) is 75.6 Å². The molecular weight excluding hydrogens is 398 g/mol. The molecule has 6 heteroatoms. The lowest BCUT2D eigenvalue weighted by Gasteiger charge is -2.32. The molecule has 0 aliphatic carbocycles. The molecule has 0 bridgehead atoms. The molecule has 1 fully saturated rings. The fourth-order valence-electron chi connectivity index (χ4n) is 4.36.